The number of fused-ring (bicyclic) bond motifs is 1. The summed E-state index contributed by atoms with van der Waals surface area (Å²) in [6, 6.07) is 6.00. The molecule has 2 N–H and O–H groups in total. The molecule has 1 aliphatic heterocycles. The Kier molecular flexibility index (Phi) is 6.77. The van der Waals surface area contributed by atoms with Crippen LogP contribution in [0.5, 0.6) is 0 Å². The van der Waals surface area contributed by atoms with Crippen LogP contribution in [0.3, 0.4) is 0 Å². The number of rotatable bonds is 3. The van der Waals surface area contributed by atoms with Gasteiger partial charge in [-0.2, -0.15) is 0 Å². The Morgan fingerprint density at radius 3 is 3.00 bits per heavy atom. The van der Waals surface area contributed by atoms with Gasteiger partial charge in [-0.05, 0) is 31.0 Å². The van der Waals surface area contributed by atoms with Crippen molar-refractivity contribution in [2.45, 2.75) is 19.4 Å². The molecule has 1 unspecified atom stereocenters. The van der Waals surface area contributed by atoms with E-state index in [1.165, 1.54) is 10.9 Å². The van der Waals surface area contributed by atoms with Crippen molar-refractivity contribution >= 4 is 52.4 Å². The number of nitrogens with two attached hydrogens (primary N) is 1. The van der Waals surface area contributed by atoms with E-state index in [0.29, 0.717) is 19.1 Å². The minimum atomic E-state index is 0. The number of ether oxygens (including phenoxy) is 1. The molecule has 1 fully saturated rings. The van der Waals surface area contributed by atoms with Crippen LogP contribution in [0.4, 0.5) is 0 Å². The van der Waals surface area contributed by atoms with Gasteiger partial charge in [0.15, 0.2) is 5.96 Å². The van der Waals surface area contributed by atoms with Gasteiger partial charge in [-0.15, -0.1) is 24.0 Å². The summed E-state index contributed by atoms with van der Waals surface area (Å²) in [5, 5.41) is 1.99. The van der Waals surface area contributed by atoms with Gasteiger partial charge >= 0.3 is 0 Å². The molecule has 7 heteroatoms. The number of aliphatic imine (C=N–C) groups is 1. The van der Waals surface area contributed by atoms with Crippen LogP contribution in [-0.2, 0) is 18.2 Å². The van der Waals surface area contributed by atoms with Crippen LogP contribution in [0.15, 0.2) is 29.4 Å². The molecule has 1 aliphatic rings. The van der Waals surface area contributed by atoms with Crippen LogP contribution >= 0.6 is 35.6 Å². The second kappa shape index (κ2) is 8.40. The molecule has 1 aromatic heterocycles. The van der Waals surface area contributed by atoms with Gasteiger partial charge in [-0.1, -0.05) is 17.7 Å². The fraction of sp³-hybridized carbons (Fsp3) is 0.471. The third-order valence-electron chi connectivity index (χ3n) is 4.26. The molecule has 0 spiro atoms. The second-order valence-corrected chi connectivity index (χ2v) is 6.48. The minimum absolute atomic E-state index is 0. The first kappa shape index (κ1) is 19.3. The predicted molar refractivity (Wildman–Crippen MR) is 111 cm³/mol. The third kappa shape index (κ3) is 4.34. The average Bonchev–Trinajstić information content (AvgIpc) is 2.83. The largest absolute Gasteiger partial charge is 0.375 e. The molecule has 2 aromatic rings. The Bertz CT molecular complexity index is 731. The lowest BCUT2D eigenvalue weighted by Crippen LogP contribution is -2.47. The molecular formula is C17H24ClIN4O. The number of hydrogen-bond donors (Lipinski definition) is 1. The van der Waals surface area contributed by atoms with Crippen LogP contribution in [0.25, 0.3) is 10.9 Å². The summed E-state index contributed by atoms with van der Waals surface area (Å²) in [7, 11) is 2.04. The molecule has 2 heterocycles. The van der Waals surface area contributed by atoms with Crippen molar-refractivity contribution in [3.63, 3.8) is 0 Å². The number of hydrogen-bond acceptors (Lipinski definition) is 2. The molecule has 0 amide bonds. The van der Waals surface area contributed by atoms with E-state index < -0.39 is 0 Å². The Labute approximate surface area is 164 Å². The molecular weight excluding hydrogens is 439 g/mol. The van der Waals surface area contributed by atoms with Crippen LogP contribution < -0.4 is 5.73 Å². The van der Waals surface area contributed by atoms with Crippen molar-refractivity contribution < 1.29 is 4.74 Å². The molecule has 1 saturated heterocycles. The van der Waals surface area contributed by atoms with E-state index in [-0.39, 0.29) is 30.1 Å². The third-order valence-corrected chi connectivity index (χ3v) is 4.49. The van der Waals surface area contributed by atoms with Gasteiger partial charge in [-0.3, -0.25) is 4.99 Å². The maximum Gasteiger partial charge on any atom is 0.191 e. The highest BCUT2D eigenvalue weighted by Crippen LogP contribution is 2.24. The second-order valence-electron chi connectivity index (χ2n) is 6.04. The van der Waals surface area contributed by atoms with Gasteiger partial charge in [0.25, 0.3) is 0 Å². The predicted octanol–water partition coefficient (Wildman–Crippen LogP) is 3.03. The number of guanidine groups is 1. The first-order chi connectivity index (χ1) is 11.0. The smallest absolute Gasteiger partial charge is 0.191 e. The normalized spacial score (nSPS) is 18.7. The van der Waals surface area contributed by atoms with Crippen molar-refractivity contribution in [2.75, 3.05) is 26.2 Å². The van der Waals surface area contributed by atoms with E-state index in [4.69, 9.17) is 22.1 Å². The first-order valence-electron chi connectivity index (χ1n) is 7.94. The van der Waals surface area contributed by atoms with Crippen LogP contribution in [0.1, 0.15) is 12.5 Å². The average molecular weight is 463 g/mol. The van der Waals surface area contributed by atoms with Crippen molar-refractivity contribution in [1.29, 1.82) is 0 Å². The number of aryl methyl sites for hydroxylation is 1. The Balaban J connectivity index is 0.00000208. The maximum atomic E-state index is 6.11. The van der Waals surface area contributed by atoms with Crippen LogP contribution in [0.2, 0.25) is 5.02 Å². The van der Waals surface area contributed by atoms with E-state index in [0.717, 1.165) is 30.0 Å². The van der Waals surface area contributed by atoms with Crippen LogP contribution in [-0.4, -0.2) is 47.8 Å². The van der Waals surface area contributed by atoms with Crippen molar-refractivity contribution in [3.8, 4) is 0 Å². The van der Waals surface area contributed by atoms with E-state index in [1.807, 2.05) is 19.2 Å². The van der Waals surface area contributed by atoms with Gasteiger partial charge in [0.05, 0.1) is 12.7 Å². The van der Waals surface area contributed by atoms with Gasteiger partial charge < -0.3 is 19.9 Å². The molecule has 1 aromatic carbocycles. The quantitative estimate of drug-likeness (QED) is 0.433. The summed E-state index contributed by atoms with van der Waals surface area (Å²) in [6.07, 6.45) is 3.21. The number of morpholine rings is 1. The zero-order valence-corrected chi connectivity index (χ0v) is 17.1. The summed E-state index contributed by atoms with van der Waals surface area (Å²) in [5.41, 5.74) is 8.52. The van der Waals surface area contributed by atoms with E-state index in [2.05, 4.69) is 33.6 Å². The summed E-state index contributed by atoms with van der Waals surface area (Å²) < 4.78 is 7.63. The molecule has 3 rings (SSSR count). The molecule has 0 radical (unpaired) electrons. The van der Waals surface area contributed by atoms with E-state index in [9.17, 15) is 0 Å². The zero-order valence-electron chi connectivity index (χ0n) is 14.0. The van der Waals surface area contributed by atoms with Gasteiger partial charge in [-0.25, -0.2) is 0 Å². The lowest BCUT2D eigenvalue weighted by molar-refractivity contribution is 0.00530. The van der Waals surface area contributed by atoms with E-state index >= 15 is 0 Å². The number of aromatic nitrogens is 1. The summed E-state index contributed by atoms with van der Waals surface area (Å²) in [5.74, 6) is 0.614. The van der Waals surface area contributed by atoms with Gasteiger partial charge in [0.1, 0.15) is 0 Å². The highest BCUT2D eigenvalue weighted by molar-refractivity contribution is 14.0. The highest BCUT2D eigenvalue weighted by Gasteiger charge is 2.17. The molecule has 132 valence electrons. The SMILES string of the molecule is CC1CN(C(N)=NCCc2cn(C)c3cc(Cl)ccc23)CCO1.I. The maximum absolute atomic E-state index is 6.11. The Morgan fingerprint density at radius 2 is 2.25 bits per heavy atom. The van der Waals surface area contributed by atoms with Crippen molar-refractivity contribution in [3.05, 3.63) is 35.0 Å². The van der Waals surface area contributed by atoms with E-state index in [1.54, 1.807) is 0 Å². The zero-order chi connectivity index (χ0) is 16.4. The van der Waals surface area contributed by atoms with Gasteiger partial charge in [0, 0.05) is 48.8 Å². The summed E-state index contributed by atoms with van der Waals surface area (Å²) in [6.45, 7) is 5.07. The number of halogens is 2. The molecule has 0 bridgehead atoms. The van der Waals surface area contributed by atoms with Crippen molar-refractivity contribution in [2.24, 2.45) is 17.8 Å². The first-order valence-corrected chi connectivity index (χ1v) is 8.32. The monoisotopic (exact) mass is 462 g/mol. The Hall–Kier alpha value is -0.990. The van der Waals surface area contributed by atoms with Crippen LogP contribution in [0, 0.1) is 0 Å². The van der Waals surface area contributed by atoms with Gasteiger partial charge in [0.2, 0.25) is 0 Å². The highest BCUT2D eigenvalue weighted by atomic mass is 127. The number of benzene rings is 1. The molecule has 0 saturated carbocycles. The minimum Gasteiger partial charge on any atom is -0.375 e. The fourth-order valence-corrected chi connectivity index (χ4v) is 3.22. The molecule has 24 heavy (non-hydrogen) atoms. The summed E-state index contributed by atoms with van der Waals surface area (Å²) in [4.78, 5) is 6.63. The topological polar surface area (TPSA) is 55.8 Å². The number of nitrogens with zero attached hydrogens (tertiary/aromatic N) is 3. The fourth-order valence-electron chi connectivity index (χ4n) is 3.06. The molecule has 0 aliphatic carbocycles. The standard InChI is InChI=1S/C17H23ClN4O.HI/c1-12-10-22(7-8-23-12)17(19)20-6-5-13-11-21(2)16-9-14(18)3-4-15(13)16;/h3-4,9,11-12H,5-8,10H2,1-2H3,(H2,19,20);1H. The Morgan fingerprint density at radius 1 is 1.46 bits per heavy atom. The summed E-state index contributed by atoms with van der Waals surface area (Å²) >= 11 is 6.08. The van der Waals surface area contributed by atoms with Crippen molar-refractivity contribution in [1.82, 2.24) is 9.47 Å². The lowest BCUT2D eigenvalue weighted by atomic mass is 10.1. The molecule has 1 atom stereocenters. The molecule has 5 nitrogen and oxygen atoms in total. The lowest BCUT2D eigenvalue weighted by Gasteiger charge is -2.31.